The van der Waals surface area contributed by atoms with Gasteiger partial charge in [-0.25, -0.2) is 0 Å². The van der Waals surface area contributed by atoms with Crippen LogP contribution in [0.3, 0.4) is 0 Å². The maximum atomic E-state index is 5.55. The monoisotopic (exact) mass is 205 g/mol. The topological polar surface area (TPSA) is 21.3 Å². The number of likely N-dealkylation sites (N-methyl/N-ethyl adjacent to an activating group) is 1. The van der Waals surface area contributed by atoms with Crippen molar-refractivity contribution < 1.29 is 4.74 Å². The van der Waals surface area contributed by atoms with Gasteiger partial charge in [0.1, 0.15) is 12.4 Å². The smallest absolute Gasteiger partial charge is 0.119 e. The summed E-state index contributed by atoms with van der Waals surface area (Å²) < 4.78 is 5.55. The highest BCUT2D eigenvalue weighted by Crippen LogP contribution is 2.08. The molecule has 0 spiro atoms. The Balaban J connectivity index is 2.26. The average molecular weight is 205 g/mol. The van der Waals surface area contributed by atoms with Crippen molar-refractivity contribution in [2.45, 2.75) is 13.8 Å². The molecule has 0 aliphatic heterocycles. The quantitative estimate of drug-likeness (QED) is 0.721. The van der Waals surface area contributed by atoms with E-state index in [0.29, 0.717) is 6.61 Å². The summed E-state index contributed by atoms with van der Waals surface area (Å²) in [5.41, 5.74) is 1.31. The molecule has 15 heavy (non-hydrogen) atoms. The summed E-state index contributed by atoms with van der Waals surface area (Å²) in [7, 11) is 0. The molecule has 0 saturated carbocycles. The molecule has 1 N–H and O–H groups in total. The first-order valence-electron chi connectivity index (χ1n) is 5.37. The van der Waals surface area contributed by atoms with E-state index in [1.165, 1.54) is 5.57 Å². The summed E-state index contributed by atoms with van der Waals surface area (Å²) in [6.07, 6.45) is 2.11. The molecule has 1 aromatic carbocycles. The minimum atomic E-state index is 0.640. The highest BCUT2D eigenvalue weighted by molar-refractivity contribution is 5.21. The minimum Gasteiger partial charge on any atom is -0.490 e. The van der Waals surface area contributed by atoms with Gasteiger partial charge in [0.15, 0.2) is 0 Å². The van der Waals surface area contributed by atoms with Crippen LogP contribution in [0.4, 0.5) is 0 Å². The van der Waals surface area contributed by atoms with Crippen molar-refractivity contribution in [2.75, 3.05) is 19.7 Å². The molecule has 82 valence electrons. The van der Waals surface area contributed by atoms with Gasteiger partial charge >= 0.3 is 0 Å². The molecule has 0 radical (unpaired) electrons. The molecule has 0 fully saturated rings. The first-order valence-corrected chi connectivity index (χ1v) is 5.37. The van der Waals surface area contributed by atoms with Crippen molar-refractivity contribution in [1.29, 1.82) is 0 Å². The van der Waals surface area contributed by atoms with Crippen molar-refractivity contribution in [2.24, 2.45) is 0 Å². The predicted octanol–water partition coefficient (Wildman–Crippen LogP) is 2.62. The van der Waals surface area contributed by atoms with Gasteiger partial charge in [-0.05, 0) is 31.7 Å². The number of ether oxygens (including phenoxy) is 1. The van der Waals surface area contributed by atoms with Crippen LogP contribution in [0.25, 0.3) is 0 Å². The van der Waals surface area contributed by atoms with Crippen LogP contribution < -0.4 is 10.1 Å². The summed E-state index contributed by atoms with van der Waals surface area (Å²) >= 11 is 0. The summed E-state index contributed by atoms with van der Waals surface area (Å²) in [5, 5.41) is 3.27. The second-order valence-electron chi connectivity index (χ2n) is 3.45. The summed E-state index contributed by atoms with van der Waals surface area (Å²) in [6, 6.07) is 9.87. The van der Waals surface area contributed by atoms with Gasteiger partial charge in [-0.1, -0.05) is 30.7 Å². The van der Waals surface area contributed by atoms with Gasteiger partial charge < -0.3 is 10.1 Å². The standard InChI is InChI=1S/C13H19NO/c1-3-14-11-12(2)9-10-15-13-7-5-4-6-8-13/h4-9,14H,3,10-11H2,1-2H3/b12-9+. The average Bonchev–Trinajstić information content (AvgIpc) is 2.28. The number of hydrogen-bond acceptors (Lipinski definition) is 2. The fraction of sp³-hybridized carbons (Fsp3) is 0.385. The van der Waals surface area contributed by atoms with Crippen LogP contribution >= 0.6 is 0 Å². The maximum absolute atomic E-state index is 5.55. The lowest BCUT2D eigenvalue weighted by Gasteiger charge is -2.04. The summed E-state index contributed by atoms with van der Waals surface area (Å²) in [5.74, 6) is 0.921. The second-order valence-corrected chi connectivity index (χ2v) is 3.45. The zero-order valence-electron chi connectivity index (χ0n) is 9.49. The van der Waals surface area contributed by atoms with Gasteiger partial charge in [0.25, 0.3) is 0 Å². The lowest BCUT2D eigenvalue weighted by molar-refractivity contribution is 0.361. The molecule has 0 bridgehead atoms. The van der Waals surface area contributed by atoms with Crippen LogP contribution in [0.1, 0.15) is 13.8 Å². The predicted molar refractivity (Wildman–Crippen MR) is 64.2 cm³/mol. The minimum absolute atomic E-state index is 0.640. The van der Waals surface area contributed by atoms with Crippen LogP contribution in [0.15, 0.2) is 42.0 Å². The van der Waals surface area contributed by atoms with E-state index in [0.717, 1.165) is 18.8 Å². The number of benzene rings is 1. The van der Waals surface area contributed by atoms with Crippen molar-refractivity contribution >= 4 is 0 Å². The van der Waals surface area contributed by atoms with Gasteiger partial charge in [-0.2, -0.15) is 0 Å². The number of nitrogens with one attached hydrogen (secondary N) is 1. The third kappa shape index (κ3) is 5.23. The molecule has 1 rings (SSSR count). The Labute approximate surface area is 92.0 Å². The molecule has 0 saturated heterocycles. The van der Waals surface area contributed by atoms with Crippen molar-refractivity contribution in [3.05, 3.63) is 42.0 Å². The first kappa shape index (κ1) is 11.8. The Bertz CT molecular complexity index is 293. The van der Waals surface area contributed by atoms with E-state index in [9.17, 15) is 0 Å². The molecule has 0 aromatic heterocycles. The number of para-hydroxylation sites is 1. The lowest BCUT2D eigenvalue weighted by atomic mass is 10.3. The van der Waals surface area contributed by atoms with E-state index in [-0.39, 0.29) is 0 Å². The maximum Gasteiger partial charge on any atom is 0.119 e. The van der Waals surface area contributed by atoms with E-state index in [1.54, 1.807) is 0 Å². The zero-order valence-corrected chi connectivity index (χ0v) is 9.49. The van der Waals surface area contributed by atoms with Crippen molar-refractivity contribution in [3.63, 3.8) is 0 Å². The molecule has 0 aliphatic rings. The van der Waals surface area contributed by atoms with Gasteiger partial charge in [0.05, 0.1) is 0 Å². The third-order valence-corrected chi connectivity index (χ3v) is 2.08. The van der Waals surface area contributed by atoms with Gasteiger partial charge in [0.2, 0.25) is 0 Å². The zero-order chi connectivity index (χ0) is 10.9. The van der Waals surface area contributed by atoms with Crippen LogP contribution in [0.2, 0.25) is 0 Å². The largest absolute Gasteiger partial charge is 0.490 e. The Morgan fingerprint density at radius 1 is 1.33 bits per heavy atom. The van der Waals surface area contributed by atoms with Crippen LogP contribution in [0.5, 0.6) is 5.75 Å². The highest BCUT2D eigenvalue weighted by atomic mass is 16.5. The van der Waals surface area contributed by atoms with E-state index in [4.69, 9.17) is 4.74 Å². The van der Waals surface area contributed by atoms with Gasteiger partial charge in [-0.3, -0.25) is 0 Å². The van der Waals surface area contributed by atoms with E-state index >= 15 is 0 Å². The van der Waals surface area contributed by atoms with Gasteiger partial charge in [0, 0.05) is 6.54 Å². The molecule has 2 heteroatoms. The van der Waals surface area contributed by atoms with Crippen LogP contribution in [0, 0.1) is 0 Å². The SMILES string of the molecule is CCNC/C(C)=C/COc1ccccc1. The Hall–Kier alpha value is -1.28. The fourth-order valence-electron chi connectivity index (χ4n) is 1.19. The normalized spacial score (nSPS) is 11.5. The van der Waals surface area contributed by atoms with E-state index in [1.807, 2.05) is 30.3 Å². The Morgan fingerprint density at radius 3 is 2.73 bits per heavy atom. The molecule has 0 atom stereocenters. The van der Waals surface area contributed by atoms with Crippen LogP contribution in [-0.4, -0.2) is 19.7 Å². The Morgan fingerprint density at radius 2 is 2.07 bits per heavy atom. The number of rotatable bonds is 6. The fourth-order valence-corrected chi connectivity index (χ4v) is 1.19. The number of hydrogen-bond donors (Lipinski definition) is 1. The molecular formula is C13H19NO. The first-order chi connectivity index (χ1) is 7.33. The molecule has 0 aliphatic carbocycles. The lowest BCUT2D eigenvalue weighted by Crippen LogP contribution is -2.15. The molecule has 1 aromatic rings. The second kappa shape index (κ2) is 7.07. The molecular weight excluding hydrogens is 186 g/mol. The molecule has 0 unspecified atom stereocenters. The van der Waals surface area contributed by atoms with Gasteiger partial charge in [-0.15, -0.1) is 0 Å². The summed E-state index contributed by atoms with van der Waals surface area (Å²) in [4.78, 5) is 0. The third-order valence-electron chi connectivity index (χ3n) is 2.08. The highest BCUT2D eigenvalue weighted by Gasteiger charge is 1.90. The molecule has 2 nitrogen and oxygen atoms in total. The van der Waals surface area contributed by atoms with Crippen molar-refractivity contribution in [3.8, 4) is 5.75 Å². The van der Waals surface area contributed by atoms with E-state index < -0.39 is 0 Å². The molecule has 0 amide bonds. The Kier molecular flexibility index (Phi) is 5.56. The summed E-state index contributed by atoms with van der Waals surface area (Å²) in [6.45, 7) is 6.80. The van der Waals surface area contributed by atoms with Crippen LogP contribution in [-0.2, 0) is 0 Å². The van der Waals surface area contributed by atoms with Crippen molar-refractivity contribution in [1.82, 2.24) is 5.32 Å². The molecule has 0 heterocycles. The van der Waals surface area contributed by atoms with E-state index in [2.05, 4.69) is 25.2 Å².